The Balaban J connectivity index is 2.06. The Bertz CT molecular complexity index is 593. The Morgan fingerprint density at radius 1 is 0.765 bits per heavy atom. The highest BCUT2D eigenvalue weighted by Crippen LogP contribution is 2.49. The van der Waals surface area contributed by atoms with Crippen molar-refractivity contribution in [2.24, 2.45) is 5.41 Å². The molecule has 2 fully saturated rings. The molecule has 1 N–H and O–H groups in total. The minimum atomic E-state index is -0.275. The van der Waals surface area contributed by atoms with E-state index in [9.17, 15) is 4.79 Å². The molecule has 3 radical (unpaired) electrons. The highest BCUT2D eigenvalue weighted by molar-refractivity contribution is 6.56. The first-order valence-corrected chi connectivity index (χ1v) is 15.1. The van der Waals surface area contributed by atoms with E-state index >= 15 is 0 Å². The standard InChI is InChI=1S/C30H56B2NO/c1-6-18-29(5,19-7-2)33-26(34)27(3)20-13-12-16-24-30(31,25-17-21-27)32-28(4)22-14-10-8-9-11-15-23-28/h6-25H2,1-5H3,(H,33,34). The molecule has 2 rings (SSSR count). The van der Waals surface area contributed by atoms with E-state index in [0.717, 1.165) is 64.2 Å². The van der Waals surface area contributed by atoms with Crippen molar-refractivity contribution in [3.63, 3.8) is 0 Å². The molecule has 0 aromatic rings. The number of hydrogen-bond donors (Lipinski definition) is 1. The van der Waals surface area contributed by atoms with Gasteiger partial charge in [0.2, 0.25) is 5.91 Å². The monoisotopic (exact) mass is 468 g/mol. The minimum Gasteiger partial charge on any atom is -0.350 e. The second-order valence-corrected chi connectivity index (χ2v) is 13.1. The van der Waals surface area contributed by atoms with Gasteiger partial charge in [-0.25, -0.2) is 0 Å². The predicted molar refractivity (Wildman–Crippen MR) is 151 cm³/mol. The van der Waals surface area contributed by atoms with Crippen LogP contribution in [0.1, 0.15) is 163 Å². The number of carbonyl (C=O) groups excluding carboxylic acids is 1. The van der Waals surface area contributed by atoms with Crippen LogP contribution in [0.3, 0.4) is 0 Å². The maximum atomic E-state index is 13.6. The van der Waals surface area contributed by atoms with Gasteiger partial charge in [-0.3, -0.25) is 4.79 Å². The van der Waals surface area contributed by atoms with Gasteiger partial charge in [-0.2, -0.15) is 0 Å². The zero-order valence-corrected chi connectivity index (χ0v) is 23.7. The molecular formula is C30H56B2NO. The van der Waals surface area contributed by atoms with E-state index in [1.165, 1.54) is 64.2 Å². The van der Waals surface area contributed by atoms with Crippen LogP contribution in [-0.4, -0.2) is 26.6 Å². The Kier molecular flexibility index (Phi) is 12.1. The van der Waals surface area contributed by atoms with E-state index < -0.39 is 0 Å². The summed E-state index contributed by atoms with van der Waals surface area (Å²) in [5.41, 5.74) is -0.348. The first kappa shape index (κ1) is 29.8. The summed E-state index contributed by atoms with van der Waals surface area (Å²) in [7, 11) is 9.78. The molecule has 34 heavy (non-hydrogen) atoms. The molecule has 193 valence electrons. The van der Waals surface area contributed by atoms with Crippen LogP contribution in [0.2, 0.25) is 10.5 Å². The average Bonchev–Trinajstić information content (AvgIpc) is 2.85. The number of rotatable bonds is 8. The van der Waals surface area contributed by atoms with Crippen LogP contribution in [0.25, 0.3) is 0 Å². The normalized spacial score (nSPS) is 29.8. The van der Waals surface area contributed by atoms with Gasteiger partial charge in [-0.1, -0.05) is 141 Å². The maximum absolute atomic E-state index is 13.6. The topological polar surface area (TPSA) is 29.1 Å². The zero-order chi connectivity index (χ0) is 25.1. The lowest BCUT2D eigenvalue weighted by Crippen LogP contribution is -2.51. The summed E-state index contributed by atoms with van der Waals surface area (Å²) < 4.78 is 0. The smallest absolute Gasteiger partial charge is 0.226 e. The molecule has 0 aromatic carbocycles. The summed E-state index contributed by atoms with van der Waals surface area (Å²) in [5.74, 6) is 0.285. The van der Waals surface area contributed by atoms with Gasteiger partial charge >= 0.3 is 0 Å². The third-order valence-electron chi connectivity index (χ3n) is 9.19. The molecular weight excluding hydrogens is 412 g/mol. The van der Waals surface area contributed by atoms with Crippen LogP contribution in [-0.2, 0) is 4.79 Å². The van der Waals surface area contributed by atoms with Gasteiger partial charge in [-0.15, -0.1) is 0 Å². The van der Waals surface area contributed by atoms with Crippen LogP contribution in [0.4, 0.5) is 0 Å². The predicted octanol–water partition coefficient (Wildman–Crippen LogP) is 8.90. The summed E-state index contributed by atoms with van der Waals surface area (Å²) in [6, 6.07) is 0. The average molecular weight is 468 g/mol. The molecule has 0 aromatic heterocycles. The Labute approximate surface area is 215 Å². The molecule has 0 bridgehead atoms. The van der Waals surface area contributed by atoms with Crippen molar-refractivity contribution in [3.8, 4) is 0 Å². The molecule has 2 unspecified atom stereocenters. The van der Waals surface area contributed by atoms with Crippen molar-refractivity contribution in [2.45, 2.75) is 179 Å². The van der Waals surface area contributed by atoms with E-state index in [-0.39, 0.29) is 27.4 Å². The fourth-order valence-electron chi connectivity index (χ4n) is 7.08. The summed E-state index contributed by atoms with van der Waals surface area (Å²) in [4.78, 5) is 13.6. The molecule has 0 heterocycles. The minimum absolute atomic E-state index is 0.0736. The highest BCUT2D eigenvalue weighted by Gasteiger charge is 2.39. The first-order chi connectivity index (χ1) is 16.1. The van der Waals surface area contributed by atoms with Crippen molar-refractivity contribution >= 4 is 21.0 Å². The quantitative estimate of drug-likeness (QED) is 0.354. The number of amides is 1. The molecule has 2 aliphatic rings. The van der Waals surface area contributed by atoms with Gasteiger partial charge in [0, 0.05) is 11.0 Å². The second kappa shape index (κ2) is 13.8. The van der Waals surface area contributed by atoms with Crippen molar-refractivity contribution in [3.05, 3.63) is 0 Å². The van der Waals surface area contributed by atoms with Crippen molar-refractivity contribution < 1.29 is 4.79 Å². The van der Waals surface area contributed by atoms with Gasteiger partial charge in [0.15, 0.2) is 0 Å². The second-order valence-electron chi connectivity index (χ2n) is 13.1. The molecule has 2 atom stereocenters. The molecule has 2 aliphatic carbocycles. The lowest BCUT2D eigenvalue weighted by Gasteiger charge is -2.42. The van der Waals surface area contributed by atoms with Gasteiger partial charge in [0.1, 0.15) is 7.28 Å². The molecule has 4 heteroatoms. The third kappa shape index (κ3) is 9.57. The van der Waals surface area contributed by atoms with E-state index in [0.29, 0.717) is 0 Å². The van der Waals surface area contributed by atoms with E-state index in [4.69, 9.17) is 7.85 Å². The lowest BCUT2D eigenvalue weighted by molar-refractivity contribution is -0.133. The molecule has 2 nitrogen and oxygen atoms in total. The van der Waals surface area contributed by atoms with Crippen molar-refractivity contribution in [1.29, 1.82) is 0 Å². The summed E-state index contributed by atoms with van der Waals surface area (Å²) in [6.45, 7) is 11.4. The van der Waals surface area contributed by atoms with Crippen LogP contribution in [0.15, 0.2) is 0 Å². The van der Waals surface area contributed by atoms with Crippen LogP contribution < -0.4 is 5.32 Å². The van der Waals surface area contributed by atoms with E-state index in [2.05, 4.69) is 47.2 Å². The summed E-state index contributed by atoms with van der Waals surface area (Å²) in [5, 5.41) is 3.61. The number of nitrogens with one attached hydrogen (secondary N) is 1. The van der Waals surface area contributed by atoms with Gasteiger partial charge in [0.25, 0.3) is 0 Å². The summed E-state index contributed by atoms with van der Waals surface area (Å²) in [6.07, 6.45) is 23.8. The molecule has 0 aliphatic heterocycles. The number of hydrogen-bond acceptors (Lipinski definition) is 1. The first-order valence-electron chi connectivity index (χ1n) is 15.1. The molecule has 1 amide bonds. The van der Waals surface area contributed by atoms with Crippen molar-refractivity contribution in [1.82, 2.24) is 5.32 Å². The fourth-order valence-corrected chi connectivity index (χ4v) is 7.08. The van der Waals surface area contributed by atoms with Gasteiger partial charge in [-0.05, 0) is 32.6 Å². The van der Waals surface area contributed by atoms with E-state index in [1.807, 2.05) is 0 Å². The Hall–Kier alpha value is -0.400. The van der Waals surface area contributed by atoms with Crippen LogP contribution >= 0.6 is 0 Å². The Morgan fingerprint density at radius 2 is 1.21 bits per heavy atom. The van der Waals surface area contributed by atoms with Crippen LogP contribution in [0, 0.1) is 5.41 Å². The number of carbonyl (C=O) groups is 1. The van der Waals surface area contributed by atoms with Gasteiger partial charge < -0.3 is 5.32 Å². The van der Waals surface area contributed by atoms with Crippen molar-refractivity contribution in [2.75, 3.05) is 0 Å². The Morgan fingerprint density at radius 3 is 1.79 bits per heavy atom. The largest absolute Gasteiger partial charge is 0.350 e. The molecule has 0 spiro atoms. The van der Waals surface area contributed by atoms with Crippen LogP contribution in [0.5, 0.6) is 0 Å². The maximum Gasteiger partial charge on any atom is 0.226 e. The highest BCUT2D eigenvalue weighted by atomic mass is 16.2. The summed E-state index contributed by atoms with van der Waals surface area (Å²) >= 11 is 0. The third-order valence-corrected chi connectivity index (χ3v) is 9.19. The zero-order valence-electron chi connectivity index (χ0n) is 23.7. The molecule has 2 saturated carbocycles. The van der Waals surface area contributed by atoms with E-state index in [1.54, 1.807) is 0 Å². The lowest BCUT2D eigenvalue weighted by atomic mass is 9.29. The SMILES string of the molecule is [B]C1([B]C2(C)CCCCCCCC2)CCCCCC(C)(C(=O)NC(C)(CCC)CCC)CCC1. The molecule has 0 saturated heterocycles. The fraction of sp³-hybridized carbons (Fsp3) is 0.967. The van der Waals surface area contributed by atoms with Gasteiger partial charge in [0.05, 0.1) is 7.85 Å².